The van der Waals surface area contributed by atoms with E-state index in [9.17, 15) is 9.59 Å². The molecule has 0 radical (unpaired) electrons. The molecule has 0 unspecified atom stereocenters. The van der Waals surface area contributed by atoms with Gasteiger partial charge in [-0.15, -0.1) is 0 Å². The van der Waals surface area contributed by atoms with Crippen LogP contribution < -0.4 is 14.8 Å². The summed E-state index contributed by atoms with van der Waals surface area (Å²) in [5.74, 6) is 1.25. The number of methoxy groups -OCH3 is 2. The predicted molar refractivity (Wildman–Crippen MR) is 139 cm³/mol. The number of nitrogens with zero attached hydrogens (tertiary/aromatic N) is 1. The molecule has 1 aliphatic rings. The van der Waals surface area contributed by atoms with E-state index in [1.54, 1.807) is 20.3 Å². The summed E-state index contributed by atoms with van der Waals surface area (Å²) < 4.78 is 10.9. The zero-order chi connectivity index (χ0) is 24.1. The number of aromatic nitrogens is 1. The molecule has 2 aromatic carbocycles. The number of rotatable bonds is 9. The highest BCUT2D eigenvalue weighted by molar-refractivity contribution is 8.26. The van der Waals surface area contributed by atoms with Crippen molar-refractivity contribution in [3.8, 4) is 11.5 Å². The largest absolute Gasteiger partial charge is 0.497 e. The number of nitrogens with one attached hydrogen (secondary N) is 2. The van der Waals surface area contributed by atoms with E-state index in [2.05, 4.69) is 10.3 Å². The summed E-state index contributed by atoms with van der Waals surface area (Å²) in [6.07, 6.45) is 4.62. The monoisotopic (exact) mass is 495 g/mol. The smallest absolute Gasteiger partial charge is 0.266 e. The van der Waals surface area contributed by atoms with Gasteiger partial charge in [0.25, 0.3) is 5.91 Å². The number of carbonyl (C=O) groups excluding carboxylic acids is 2. The van der Waals surface area contributed by atoms with Crippen molar-refractivity contribution in [2.75, 3.05) is 27.3 Å². The molecule has 1 aromatic heterocycles. The molecule has 3 aromatic rings. The number of thioether (sulfide) groups is 1. The third kappa shape index (κ3) is 5.43. The molecule has 2 amide bonds. The lowest BCUT2D eigenvalue weighted by Gasteiger charge is -2.14. The van der Waals surface area contributed by atoms with Crippen LogP contribution in [0.4, 0.5) is 0 Å². The Hall–Kier alpha value is -3.30. The third-order valence-electron chi connectivity index (χ3n) is 5.54. The SMILES string of the molecule is COc1ccc(/C=C2/SC(=S)N(CCC(=O)NCCc3c[nH]c4ccc(OC)cc34)C2=O)cc1. The molecule has 7 nitrogen and oxygen atoms in total. The Bertz CT molecular complexity index is 1250. The normalized spacial score (nSPS) is 14.8. The summed E-state index contributed by atoms with van der Waals surface area (Å²) in [6, 6.07) is 13.3. The molecule has 2 N–H and O–H groups in total. The van der Waals surface area contributed by atoms with Crippen molar-refractivity contribution in [3.63, 3.8) is 0 Å². The number of hydrogen-bond acceptors (Lipinski definition) is 6. The van der Waals surface area contributed by atoms with Gasteiger partial charge in [-0.2, -0.15) is 0 Å². The van der Waals surface area contributed by atoms with E-state index in [0.717, 1.165) is 33.5 Å². The van der Waals surface area contributed by atoms with Crippen LogP contribution in [0, 0.1) is 0 Å². The molecule has 0 bridgehead atoms. The van der Waals surface area contributed by atoms with E-state index in [1.165, 1.54) is 16.7 Å². The molecule has 2 heterocycles. The van der Waals surface area contributed by atoms with Crippen molar-refractivity contribution in [2.24, 2.45) is 0 Å². The maximum atomic E-state index is 12.8. The van der Waals surface area contributed by atoms with E-state index in [-0.39, 0.29) is 24.8 Å². The standard InChI is InChI=1S/C25H25N3O4S2/c1-31-18-5-3-16(4-6-18)13-22-24(30)28(25(33)34-22)12-10-23(29)26-11-9-17-15-27-21-8-7-19(32-2)14-20(17)21/h3-8,13-15,27H,9-12H2,1-2H3,(H,26,29)/b22-13+. The van der Waals surface area contributed by atoms with Crippen LogP contribution in [0.15, 0.2) is 53.6 Å². The van der Waals surface area contributed by atoms with Crippen molar-refractivity contribution >= 4 is 57.1 Å². The Labute approximate surface area is 207 Å². The van der Waals surface area contributed by atoms with Crippen LogP contribution in [0.25, 0.3) is 17.0 Å². The van der Waals surface area contributed by atoms with Crippen LogP contribution in [0.1, 0.15) is 17.5 Å². The van der Waals surface area contributed by atoms with Gasteiger partial charge in [0.1, 0.15) is 15.8 Å². The average Bonchev–Trinajstić information content (AvgIpc) is 3.37. The molecule has 4 rings (SSSR count). The predicted octanol–water partition coefficient (Wildman–Crippen LogP) is 4.14. The zero-order valence-corrected chi connectivity index (χ0v) is 20.6. The minimum Gasteiger partial charge on any atom is -0.497 e. The summed E-state index contributed by atoms with van der Waals surface area (Å²) in [4.78, 5) is 30.4. The Balaban J connectivity index is 1.27. The number of benzene rings is 2. The second-order valence-electron chi connectivity index (χ2n) is 7.68. The highest BCUT2D eigenvalue weighted by Gasteiger charge is 2.32. The Morgan fingerprint density at radius 2 is 1.88 bits per heavy atom. The van der Waals surface area contributed by atoms with Crippen molar-refractivity contribution in [2.45, 2.75) is 12.8 Å². The van der Waals surface area contributed by atoms with E-state index < -0.39 is 0 Å². The highest BCUT2D eigenvalue weighted by atomic mass is 32.2. The first-order valence-corrected chi connectivity index (χ1v) is 12.0. The first-order valence-electron chi connectivity index (χ1n) is 10.8. The van der Waals surface area contributed by atoms with Gasteiger partial charge in [0.15, 0.2) is 0 Å². The van der Waals surface area contributed by atoms with Crippen LogP contribution in [0.2, 0.25) is 0 Å². The van der Waals surface area contributed by atoms with Gasteiger partial charge in [0, 0.05) is 36.6 Å². The molecule has 9 heteroatoms. The van der Waals surface area contributed by atoms with Crippen LogP contribution in [0.5, 0.6) is 11.5 Å². The maximum Gasteiger partial charge on any atom is 0.266 e. The van der Waals surface area contributed by atoms with Gasteiger partial charge in [0.05, 0.1) is 19.1 Å². The van der Waals surface area contributed by atoms with Crippen molar-refractivity contribution in [1.82, 2.24) is 15.2 Å². The fourth-order valence-electron chi connectivity index (χ4n) is 3.67. The van der Waals surface area contributed by atoms with Gasteiger partial charge >= 0.3 is 0 Å². The van der Waals surface area contributed by atoms with Crippen LogP contribution in [-0.4, -0.2) is 53.3 Å². The number of ether oxygens (including phenoxy) is 2. The number of amides is 2. The van der Waals surface area contributed by atoms with Gasteiger partial charge in [-0.1, -0.05) is 36.1 Å². The number of fused-ring (bicyclic) bond motifs is 1. The third-order valence-corrected chi connectivity index (χ3v) is 6.92. The molecule has 176 valence electrons. The van der Waals surface area contributed by atoms with Gasteiger partial charge in [-0.05, 0) is 54.0 Å². The summed E-state index contributed by atoms with van der Waals surface area (Å²) in [5.41, 5.74) is 3.02. The molecule has 1 saturated heterocycles. The lowest BCUT2D eigenvalue weighted by Crippen LogP contribution is -2.34. The maximum absolute atomic E-state index is 12.8. The summed E-state index contributed by atoms with van der Waals surface area (Å²) in [7, 11) is 3.25. The molecule has 0 aliphatic carbocycles. The molecule has 0 spiro atoms. The molecule has 0 saturated carbocycles. The molecule has 1 aliphatic heterocycles. The first-order chi connectivity index (χ1) is 16.5. The molecule has 1 fully saturated rings. The fourth-order valence-corrected chi connectivity index (χ4v) is 4.98. The van der Waals surface area contributed by atoms with Crippen LogP contribution in [-0.2, 0) is 16.0 Å². The summed E-state index contributed by atoms with van der Waals surface area (Å²) in [5, 5.41) is 4.01. The van der Waals surface area contributed by atoms with E-state index in [1.807, 2.05) is 48.7 Å². The number of hydrogen-bond donors (Lipinski definition) is 2. The molecular weight excluding hydrogens is 470 g/mol. The van der Waals surface area contributed by atoms with E-state index in [0.29, 0.717) is 22.2 Å². The fraction of sp³-hybridized carbons (Fsp3) is 0.240. The minimum atomic E-state index is -0.175. The second-order valence-corrected chi connectivity index (χ2v) is 9.36. The number of thiocarbonyl (C=S) groups is 1. The summed E-state index contributed by atoms with van der Waals surface area (Å²) >= 11 is 6.62. The van der Waals surface area contributed by atoms with Crippen LogP contribution >= 0.6 is 24.0 Å². The van der Waals surface area contributed by atoms with Gasteiger partial charge in [-0.3, -0.25) is 14.5 Å². The van der Waals surface area contributed by atoms with Gasteiger partial charge < -0.3 is 19.8 Å². The number of carbonyl (C=O) groups is 2. The number of aromatic amines is 1. The second kappa shape index (κ2) is 10.8. The van der Waals surface area contributed by atoms with Crippen molar-refractivity contribution in [3.05, 3.63) is 64.7 Å². The summed E-state index contributed by atoms with van der Waals surface area (Å²) in [6.45, 7) is 0.750. The van der Waals surface area contributed by atoms with Crippen molar-refractivity contribution in [1.29, 1.82) is 0 Å². The minimum absolute atomic E-state index is 0.120. The Morgan fingerprint density at radius 3 is 2.62 bits per heavy atom. The quantitative estimate of drug-likeness (QED) is 0.343. The lowest BCUT2D eigenvalue weighted by atomic mass is 10.1. The lowest BCUT2D eigenvalue weighted by molar-refractivity contribution is -0.123. The zero-order valence-electron chi connectivity index (χ0n) is 18.9. The molecular formula is C25H25N3O4S2. The van der Waals surface area contributed by atoms with Crippen LogP contribution in [0.3, 0.4) is 0 Å². The Kier molecular flexibility index (Phi) is 7.54. The topological polar surface area (TPSA) is 83.7 Å². The first kappa shape index (κ1) is 23.8. The molecule has 34 heavy (non-hydrogen) atoms. The molecule has 0 atom stereocenters. The Morgan fingerprint density at radius 1 is 1.15 bits per heavy atom. The van der Waals surface area contributed by atoms with Crippen molar-refractivity contribution < 1.29 is 19.1 Å². The average molecular weight is 496 g/mol. The van der Waals surface area contributed by atoms with Gasteiger partial charge in [0.2, 0.25) is 5.91 Å². The van der Waals surface area contributed by atoms with E-state index >= 15 is 0 Å². The van der Waals surface area contributed by atoms with Gasteiger partial charge in [-0.25, -0.2) is 0 Å². The highest BCUT2D eigenvalue weighted by Crippen LogP contribution is 2.32. The van der Waals surface area contributed by atoms with E-state index in [4.69, 9.17) is 21.7 Å². The number of H-pyrrole nitrogens is 1.